The van der Waals surface area contributed by atoms with Crippen LogP contribution >= 0.6 is 23.1 Å². The summed E-state index contributed by atoms with van der Waals surface area (Å²) in [6.45, 7) is 1.81. The zero-order valence-corrected chi connectivity index (χ0v) is 17.0. The molecule has 1 aliphatic carbocycles. The highest BCUT2D eigenvalue weighted by atomic mass is 32.2. The molecule has 0 bridgehead atoms. The summed E-state index contributed by atoms with van der Waals surface area (Å²) in [5.74, 6) is -0.618. The number of carbonyl (C=O) groups is 2. The summed E-state index contributed by atoms with van der Waals surface area (Å²) in [5, 5.41) is 1.52. The SMILES string of the molecule is C[C@@H](Sc1ncnc2sc3c(c12)CCCC3)C(=O)NNC(=O)c1ccccc1. The molecule has 0 radical (unpaired) electrons. The van der Waals surface area contributed by atoms with Gasteiger partial charge in [-0.15, -0.1) is 11.3 Å². The quantitative estimate of drug-likeness (QED) is 0.389. The Morgan fingerprint density at radius 1 is 1.11 bits per heavy atom. The number of thiophene rings is 1. The number of nitrogens with zero attached hydrogens (tertiary/aromatic N) is 2. The first kappa shape index (κ1) is 18.9. The topological polar surface area (TPSA) is 84.0 Å². The number of hydrazine groups is 1. The maximum absolute atomic E-state index is 12.5. The lowest BCUT2D eigenvalue weighted by Gasteiger charge is -2.14. The summed E-state index contributed by atoms with van der Waals surface area (Å²) >= 11 is 3.14. The summed E-state index contributed by atoms with van der Waals surface area (Å²) in [4.78, 5) is 35.8. The first-order valence-corrected chi connectivity index (χ1v) is 10.9. The number of amides is 2. The van der Waals surface area contributed by atoms with Gasteiger partial charge >= 0.3 is 0 Å². The second-order valence-electron chi connectivity index (χ2n) is 6.64. The molecule has 0 spiro atoms. The van der Waals surface area contributed by atoms with Crippen LogP contribution in [0, 0.1) is 0 Å². The van der Waals surface area contributed by atoms with Gasteiger partial charge in [0.15, 0.2) is 0 Å². The largest absolute Gasteiger partial charge is 0.272 e. The Bertz CT molecular complexity index is 1020. The molecule has 0 unspecified atom stereocenters. The molecule has 6 nitrogen and oxygen atoms in total. The number of aryl methyl sites for hydroxylation is 2. The van der Waals surface area contributed by atoms with E-state index in [1.54, 1.807) is 48.9 Å². The Morgan fingerprint density at radius 3 is 2.71 bits per heavy atom. The minimum absolute atomic E-state index is 0.273. The maximum atomic E-state index is 12.5. The van der Waals surface area contributed by atoms with Crippen molar-refractivity contribution in [2.45, 2.75) is 42.9 Å². The number of thioether (sulfide) groups is 1. The standard InChI is InChI=1S/C20H20N4O2S2/c1-12(17(25)23-24-18(26)13-7-3-2-4-8-13)27-19-16-14-9-5-6-10-15(14)28-20(16)22-11-21-19/h2-4,7-8,11-12H,5-6,9-10H2,1H3,(H,23,25)(H,24,26)/t12-/m1/s1. The van der Waals surface area contributed by atoms with Gasteiger partial charge in [-0.05, 0) is 50.3 Å². The van der Waals surface area contributed by atoms with Crippen LogP contribution in [0.5, 0.6) is 0 Å². The third kappa shape index (κ3) is 3.88. The average Bonchev–Trinajstić information content (AvgIpc) is 3.12. The number of nitrogens with one attached hydrogen (secondary N) is 2. The maximum Gasteiger partial charge on any atom is 0.269 e. The van der Waals surface area contributed by atoms with Crippen molar-refractivity contribution >= 4 is 45.1 Å². The molecule has 2 heterocycles. The highest BCUT2D eigenvalue weighted by molar-refractivity contribution is 8.00. The Hall–Kier alpha value is -2.45. The first-order valence-electron chi connectivity index (χ1n) is 9.20. The minimum atomic E-state index is -0.409. The third-order valence-corrected chi connectivity index (χ3v) is 7.01. The summed E-state index contributed by atoms with van der Waals surface area (Å²) in [5.41, 5.74) is 6.81. The van der Waals surface area contributed by atoms with Crippen molar-refractivity contribution < 1.29 is 9.59 Å². The van der Waals surface area contributed by atoms with E-state index in [9.17, 15) is 9.59 Å². The minimum Gasteiger partial charge on any atom is -0.272 e. The van der Waals surface area contributed by atoms with Crippen LogP contribution in [0.4, 0.5) is 0 Å². The molecule has 2 amide bonds. The number of hydrogen-bond donors (Lipinski definition) is 2. The summed E-state index contributed by atoms with van der Waals surface area (Å²) in [7, 11) is 0. The molecule has 28 heavy (non-hydrogen) atoms. The molecule has 2 aromatic heterocycles. The predicted molar refractivity (Wildman–Crippen MR) is 111 cm³/mol. The average molecular weight is 413 g/mol. The number of hydrogen-bond acceptors (Lipinski definition) is 6. The van der Waals surface area contributed by atoms with E-state index in [2.05, 4.69) is 20.8 Å². The number of rotatable bonds is 4. The molecule has 1 aliphatic rings. The molecule has 0 aliphatic heterocycles. The van der Waals surface area contributed by atoms with Crippen LogP contribution in [0.2, 0.25) is 0 Å². The molecule has 0 saturated carbocycles. The van der Waals surface area contributed by atoms with Crippen molar-refractivity contribution in [1.29, 1.82) is 0 Å². The summed E-state index contributed by atoms with van der Waals surface area (Å²) < 4.78 is 0. The summed E-state index contributed by atoms with van der Waals surface area (Å²) in [6, 6.07) is 8.77. The van der Waals surface area contributed by atoms with Crippen molar-refractivity contribution in [3.05, 3.63) is 52.7 Å². The molecular formula is C20H20N4O2S2. The normalized spacial score (nSPS) is 14.3. The van der Waals surface area contributed by atoms with Gasteiger partial charge in [0.05, 0.1) is 5.25 Å². The molecule has 2 N–H and O–H groups in total. The zero-order valence-electron chi connectivity index (χ0n) is 15.4. The van der Waals surface area contributed by atoms with E-state index in [0.29, 0.717) is 5.56 Å². The zero-order chi connectivity index (χ0) is 19.5. The van der Waals surface area contributed by atoms with E-state index in [4.69, 9.17) is 0 Å². The molecule has 0 saturated heterocycles. The van der Waals surface area contributed by atoms with Crippen molar-refractivity contribution in [2.75, 3.05) is 0 Å². The van der Waals surface area contributed by atoms with Gasteiger partial charge in [-0.2, -0.15) is 0 Å². The van der Waals surface area contributed by atoms with Gasteiger partial charge < -0.3 is 0 Å². The van der Waals surface area contributed by atoms with Crippen molar-refractivity contribution in [2.24, 2.45) is 0 Å². The first-order chi connectivity index (χ1) is 13.6. The van der Waals surface area contributed by atoms with E-state index in [1.807, 2.05) is 6.07 Å². The van der Waals surface area contributed by atoms with E-state index in [0.717, 1.165) is 28.1 Å². The van der Waals surface area contributed by atoms with Crippen molar-refractivity contribution in [1.82, 2.24) is 20.8 Å². The lowest BCUT2D eigenvalue weighted by atomic mass is 9.97. The van der Waals surface area contributed by atoms with Crippen LogP contribution in [-0.2, 0) is 17.6 Å². The summed E-state index contributed by atoms with van der Waals surface area (Å²) in [6.07, 6.45) is 6.11. The van der Waals surface area contributed by atoms with Gasteiger partial charge in [0, 0.05) is 15.8 Å². The van der Waals surface area contributed by atoms with Gasteiger partial charge in [0.1, 0.15) is 16.2 Å². The van der Waals surface area contributed by atoms with Crippen LogP contribution in [-0.4, -0.2) is 27.0 Å². The molecule has 0 fully saturated rings. The molecule has 1 atom stereocenters. The van der Waals surface area contributed by atoms with Crippen LogP contribution in [0.15, 0.2) is 41.7 Å². The van der Waals surface area contributed by atoms with Gasteiger partial charge in [-0.25, -0.2) is 9.97 Å². The van der Waals surface area contributed by atoms with Crippen molar-refractivity contribution in [3.8, 4) is 0 Å². The highest BCUT2D eigenvalue weighted by Gasteiger charge is 2.23. The van der Waals surface area contributed by atoms with Crippen LogP contribution in [0.1, 0.15) is 40.6 Å². The highest BCUT2D eigenvalue weighted by Crippen LogP contribution is 2.40. The molecule has 1 aromatic carbocycles. The fraction of sp³-hybridized carbons (Fsp3) is 0.300. The van der Waals surface area contributed by atoms with E-state index >= 15 is 0 Å². The Morgan fingerprint density at radius 2 is 1.89 bits per heavy atom. The Balaban J connectivity index is 1.45. The van der Waals surface area contributed by atoms with E-state index in [1.165, 1.54) is 35.0 Å². The molecule has 3 aromatic rings. The number of carbonyl (C=O) groups excluding carboxylic acids is 2. The predicted octanol–water partition coefficient (Wildman–Crippen LogP) is 3.51. The second-order valence-corrected chi connectivity index (χ2v) is 9.05. The number of benzene rings is 1. The Kier molecular flexibility index (Phi) is 5.59. The lowest BCUT2D eigenvalue weighted by Crippen LogP contribution is -2.44. The van der Waals surface area contributed by atoms with Crippen LogP contribution in [0.3, 0.4) is 0 Å². The second kappa shape index (κ2) is 8.28. The number of fused-ring (bicyclic) bond motifs is 3. The van der Waals surface area contributed by atoms with E-state index < -0.39 is 5.25 Å². The van der Waals surface area contributed by atoms with Crippen molar-refractivity contribution in [3.63, 3.8) is 0 Å². The third-order valence-electron chi connectivity index (χ3n) is 4.71. The van der Waals surface area contributed by atoms with Gasteiger partial charge in [-0.3, -0.25) is 20.4 Å². The molecular weight excluding hydrogens is 392 g/mol. The van der Waals surface area contributed by atoms with Gasteiger partial charge in [0.25, 0.3) is 11.8 Å². The van der Waals surface area contributed by atoms with Gasteiger partial charge in [-0.1, -0.05) is 30.0 Å². The smallest absolute Gasteiger partial charge is 0.269 e. The monoisotopic (exact) mass is 412 g/mol. The van der Waals surface area contributed by atoms with Gasteiger partial charge in [0.2, 0.25) is 0 Å². The van der Waals surface area contributed by atoms with Crippen LogP contribution < -0.4 is 10.9 Å². The van der Waals surface area contributed by atoms with E-state index in [-0.39, 0.29) is 11.8 Å². The molecule has 144 valence electrons. The molecule has 4 rings (SSSR count). The van der Waals surface area contributed by atoms with Crippen LogP contribution in [0.25, 0.3) is 10.2 Å². The number of aromatic nitrogens is 2. The molecule has 8 heteroatoms. The fourth-order valence-corrected chi connectivity index (χ4v) is 5.49. The fourth-order valence-electron chi connectivity index (χ4n) is 3.25. The Labute approximate surface area is 171 Å². The lowest BCUT2D eigenvalue weighted by molar-refractivity contribution is -0.121.